The van der Waals surface area contributed by atoms with Gasteiger partial charge in [0.15, 0.2) is 0 Å². The fourth-order valence-electron chi connectivity index (χ4n) is 5.83. The molecule has 0 fully saturated rings. The highest BCUT2D eigenvalue weighted by atomic mass is 35.5. The zero-order valence-corrected chi connectivity index (χ0v) is 34.4. The lowest BCUT2D eigenvalue weighted by Crippen LogP contribution is -2.32. The van der Waals surface area contributed by atoms with E-state index in [1.807, 2.05) is 60.7 Å². The van der Waals surface area contributed by atoms with Crippen molar-refractivity contribution in [3.63, 3.8) is 0 Å². The van der Waals surface area contributed by atoms with Crippen molar-refractivity contribution in [1.29, 1.82) is 0 Å². The van der Waals surface area contributed by atoms with Crippen LogP contribution in [0.4, 0.5) is 11.4 Å². The minimum Gasteiger partial charge on any atom is -0.508 e. The van der Waals surface area contributed by atoms with Gasteiger partial charge in [0.2, 0.25) is 0 Å². The SMILES string of the molecule is CC(C)(C)CN(Cc1cc(C(C)(C)c2ccc(O)c(CN(CSc3cc(S)ccc3Cl)c3ccccc3)c2)ccc1O)c1ccccc1.CC(C)C. The number of phenols is 2. The lowest BCUT2D eigenvalue weighted by atomic mass is 9.77. The Morgan fingerprint density at radius 3 is 1.60 bits per heavy atom. The van der Waals surface area contributed by atoms with Crippen LogP contribution in [0.5, 0.6) is 11.5 Å². The maximum Gasteiger partial charge on any atom is 0.120 e. The average molecular weight is 756 g/mol. The lowest BCUT2D eigenvalue weighted by Gasteiger charge is -2.33. The van der Waals surface area contributed by atoms with Gasteiger partial charge in [0, 0.05) is 57.3 Å². The van der Waals surface area contributed by atoms with Gasteiger partial charge in [-0.3, -0.25) is 0 Å². The van der Waals surface area contributed by atoms with Crippen LogP contribution in [-0.4, -0.2) is 22.6 Å². The van der Waals surface area contributed by atoms with Crippen LogP contribution in [0.1, 0.15) is 77.6 Å². The molecular weight excluding hydrogens is 700 g/mol. The Morgan fingerprint density at radius 1 is 0.654 bits per heavy atom. The molecule has 0 aliphatic rings. The summed E-state index contributed by atoms with van der Waals surface area (Å²) in [7, 11) is 0. The minimum atomic E-state index is -0.403. The van der Waals surface area contributed by atoms with E-state index in [0.717, 1.165) is 55.9 Å². The van der Waals surface area contributed by atoms with Crippen molar-refractivity contribution in [2.45, 2.75) is 83.7 Å². The number of rotatable bonds is 12. The number of anilines is 2. The molecule has 0 aromatic heterocycles. The third kappa shape index (κ3) is 11.9. The molecule has 5 aromatic carbocycles. The van der Waals surface area contributed by atoms with Gasteiger partial charge < -0.3 is 20.0 Å². The molecular formula is C45H55ClN2O2S2. The van der Waals surface area contributed by atoms with E-state index in [9.17, 15) is 10.2 Å². The molecule has 0 radical (unpaired) electrons. The summed E-state index contributed by atoms with van der Waals surface area (Å²) in [4.78, 5) is 6.39. The number of hydrogen-bond acceptors (Lipinski definition) is 6. The fourth-order valence-corrected chi connectivity index (χ4v) is 7.35. The molecule has 0 aliphatic heterocycles. The molecule has 0 saturated carbocycles. The van der Waals surface area contributed by atoms with Gasteiger partial charge in [0.05, 0.1) is 10.9 Å². The smallest absolute Gasteiger partial charge is 0.120 e. The van der Waals surface area contributed by atoms with E-state index in [4.69, 9.17) is 11.6 Å². The standard InChI is InChI=1S/C41H45ClN2O2S2.C4H10/c1-40(2,3)27-43(33-12-8-6-9-13-33)25-29-22-31(16-20-37(29)45)41(4,5)32-17-21-38(46)30(23-32)26-44(34-14-10-7-11-15-34)28-48-39-24-35(47)18-19-36(39)42;1-4(2)3/h6-24,45-47H,25-28H2,1-5H3;4H,1-3H3. The first kappa shape index (κ1) is 41.1. The van der Waals surface area contributed by atoms with Gasteiger partial charge in [-0.1, -0.05) is 116 Å². The predicted octanol–water partition coefficient (Wildman–Crippen LogP) is 12.8. The van der Waals surface area contributed by atoms with Crippen molar-refractivity contribution in [1.82, 2.24) is 0 Å². The van der Waals surface area contributed by atoms with E-state index in [2.05, 4.69) is 126 Å². The third-order valence-electron chi connectivity index (χ3n) is 8.52. The summed E-state index contributed by atoms with van der Waals surface area (Å²) in [6.07, 6.45) is 0. The van der Waals surface area contributed by atoms with Crippen molar-refractivity contribution >= 4 is 47.4 Å². The van der Waals surface area contributed by atoms with Gasteiger partial charge in [0.25, 0.3) is 0 Å². The predicted molar refractivity (Wildman–Crippen MR) is 228 cm³/mol. The first-order valence-electron chi connectivity index (χ1n) is 17.9. The highest BCUT2D eigenvalue weighted by molar-refractivity contribution is 7.99. The molecule has 0 unspecified atom stereocenters. The summed E-state index contributed by atoms with van der Waals surface area (Å²) < 4.78 is 0. The summed E-state index contributed by atoms with van der Waals surface area (Å²) in [5.74, 6) is 2.00. The second-order valence-electron chi connectivity index (χ2n) is 15.7. The molecule has 4 nitrogen and oxygen atoms in total. The highest BCUT2D eigenvalue weighted by Gasteiger charge is 2.27. The molecule has 0 aliphatic carbocycles. The molecule has 0 spiro atoms. The van der Waals surface area contributed by atoms with Crippen LogP contribution in [0.2, 0.25) is 5.02 Å². The second-order valence-corrected chi connectivity index (χ2v) is 17.6. The van der Waals surface area contributed by atoms with Crippen LogP contribution < -0.4 is 9.80 Å². The van der Waals surface area contributed by atoms with Crippen LogP contribution in [0.3, 0.4) is 0 Å². The molecule has 0 saturated heterocycles. The first-order valence-corrected chi connectivity index (χ1v) is 19.7. The summed E-state index contributed by atoms with van der Waals surface area (Å²) >= 11 is 12.7. The first-order chi connectivity index (χ1) is 24.5. The summed E-state index contributed by atoms with van der Waals surface area (Å²) in [6, 6.07) is 38.2. The molecule has 52 heavy (non-hydrogen) atoms. The van der Waals surface area contributed by atoms with E-state index in [1.165, 1.54) is 0 Å². The zero-order valence-electron chi connectivity index (χ0n) is 31.9. The quantitative estimate of drug-likeness (QED) is 0.0672. The number of thiol groups is 1. The van der Waals surface area contributed by atoms with Crippen molar-refractivity contribution in [3.05, 3.63) is 143 Å². The van der Waals surface area contributed by atoms with E-state index in [1.54, 1.807) is 17.8 Å². The highest BCUT2D eigenvalue weighted by Crippen LogP contribution is 2.38. The average Bonchev–Trinajstić information content (AvgIpc) is 3.09. The Morgan fingerprint density at radius 2 is 1.12 bits per heavy atom. The molecule has 5 aromatic rings. The maximum absolute atomic E-state index is 11.1. The normalized spacial score (nSPS) is 11.6. The van der Waals surface area contributed by atoms with E-state index < -0.39 is 5.41 Å². The van der Waals surface area contributed by atoms with E-state index in [-0.39, 0.29) is 16.9 Å². The van der Waals surface area contributed by atoms with Gasteiger partial charge >= 0.3 is 0 Å². The number of hydrogen-bond donors (Lipinski definition) is 3. The Bertz CT molecular complexity index is 1870. The molecule has 7 heteroatoms. The molecule has 0 bridgehead atoms. The van der Waals surface area contributed by atoms with E-state index >= 15 is 0 Å². The van der Waals surface area contributed by atoms with Gasteiger partial charge in [0.1, 0.15) is 11.5 Å². The lowest BCUT2D eigenvalue weighted by molar-refractivity contribution is 0.405. The van der Waals surface area contributed by atoms with Crippen LogP contribution in [0.15, 0.2) is 125 Å². The van der Waals surface area contributed by atoms with Crippen molar-refractivity contribution in [2.75, 3.05) is 22.2 Å². The number of benzene rings is 5. The topological polar surface area (TPSA) is 46.9 Å². The number of nitrogens with zero attached hydrogens (tertiary/aromatic N) is 2. The molecule has 276 valence electrons. The van der Waals surface area contributed by atoms with Gasteiger partial charge in [-0.2, -0.15) is 0 Å². The summed E-state index contributed by atoms with van der Waals surface area (Å²) in [5.41, 5.74) is 5.72. The number of thioether (sulfide) groups is 1. The number of phenolic OH excluding ortho intramolecular Hbond substituents is 2. The summed E-state index contributed by atoms with van der Waals surface area (Å²) in [6.45, 7) is 19.5. The second kappa shape index (κ2) is 18.4. The molecule has 0 heterocycles. The Labute approximate surface area is 327 Å². The largest absolute Gasteiger partial charge is 0.508 e. The maximum atomic E-state index is 11.1. The van der Waals surface area contributed by atoms with Crippen LogP contribution in [0.25, 0.3) is 0 Å². The van der Waals surface area contributed by atoms with Gasteiger partial charge in [-0.15, -0.1) is 24.4 Å². The van der Waals surface area contributed by atoms with Crippen LogP contribution in [0, 0.1) is 11.3 Å². The summed E-state index contributed by atoms with van der Waals surface area (Å²) in [5, 5.41) is 22.8. The van der Waals surface area contributed by atoms with Crippen LogP contribution in [-0.2, 0) is 18.5 Å². The number of aromatic hydroxyl groups is 2. The molecule has 0 amide bonds. The Balaban J connectivity index is 0.00000144. The van der Waals surface area contributed by atoms with Crippen molar-refractivity contribution in [2.24, 2.45) is 11.3 Å². The molecule has 5 rings (SSSR count). The Hall–Kier alpha value is -3.71. The molecule has 0 atom stereocenters. The zero-order chi connectivity index (χ0) is 38.1. The number of halogens is 1. The number of para-hydroxylation sites is 2. The van der Waals surface area contributed by atoms with Crippen molar-refractivity contribution < 1.29 is 10.2 Å². The van der Waals surface area contributed by atoms with Crippen LogP contribution >= 0.6 is 36.0 Å². The van der Waals surface area contributed by atoms with Crippen molar-refractivity contribution in [3.8, 4) is 11.5 Å². The fraction of sp³-hybridized carbons (Fsp3) is 0.333. The monoisotopic (exact) mass is 754 g/mol. The molecule has 2 N–H and O–H groups in total. The van der Waals surface area contributed by atoms with Gasteiger partial charge in [-0.25, -0.2) is 0 Å². The third-order valence-corrected chi connectivity index (χ3v) is 10.3. The minimum absolute atomic E-state index is 0.0693. The Kier molecular flexibility index (Phi) is 14.5. The van der Waals surface area contributed by atoms with E-state index in [0.29, 0.717) is 24.0 Å². The van der Waals surface area contributed by atoms with Gasteiger partial charge in [-0.05, 0) is 89.2 Å².